The lowest BCUT2D eigenvalue weighted by molar-refractivity contribution is -0.119. The fourth-order valence-electron chi connectivity index (χ4n) is 1.67. The van der Waals surface area contributed by atoms with Crippen LogP contribution in [0.15, 0.2) is 41.8 Å². The molecular formula is C16H17N3O2S2. The molecular weight excluding hydrogens is 330 g/mol. The van der Waals surface area contributed by atoms with Crippen LogP contribution in [-0.2, 0) is 16.1 Å². The van der Waals surface area contributed by atoms with E-state index >= 15 is 0 Å². The summed E-state index contributed by atoms with van der Waals surface area (Å²) in [5.74, 6) is -0.258. The quantitative estimate of drug-likeness (QED) is 0.620. The number of carbonyl (C=O) groups excluding carboxylic acids is 2. The van der Waals surface area contributed by atoms with E-state index in [-0.39, 0.29) is 11.8 Å². The first-order chi connectivity index (χ1) is 11.1. The number of hydrogen-bond acceptors (Lipinski definition) is 5. The van der Waals surface area contributed by atoms with Gasteiger partial charge in [-0.2, -0.15) is 0 Å². The van der Waals surface area contributed by atoms with Gasteiger partial charge in [0.2, 0.25) is 11.8 Å². The molecule has 2 aromatic rings. The number of nitrogens with one attached hydrogen (secondary N) is 2. The van der Waals surface area contributed by atoms with E-state index in [4.69, 9.17) is 0 Å². The molecule has 2 rings (SSSR count). The number of thiazole rings is 1. The Morgan fingerprint density at radius 3 is 2.87 bits per heavy atom. The Bertz CT molecular complexity index is 744. The zero-order valence-electron chi connectivity index (χ0n) is 12.8. The molecule has 0 radical (unpaired) electrons. The molecule has 0 aliphatic carbocycles. The fourth-order valence-corrected chi connectivity index (χ4v) is 3.36. The van der Waals surface area contributed by atoms with Gasteiger partial charge in [0.05, 0.1) is 17.1 Å². The monoisotopic (exact) mass is 347 g/mol. The van der Waals surface area contributed by atoms with Gasteiger partial charge in [-0.1, -0.05) is 18.2 Å². The van der Waals surface area contributed by atoms with E-state index in [1.54, 1.807) is 23.5 Å². The largest absolute Gasteiger partial charge is 0.351 e. The van der Waals surface area contributed by atoms with Gasteiger partial charge < -0.3 is 5.32 Å². The number of hydrogen-bond donors (Lipinski definition) is 2. The van der Waals surface area contributed by atoms with Crippen molar-refractivity contribution in [1.29, 1.82) is 0 Å². The Balaban J connectivity index is 1.99. The zero-order chi connectivity index (χ0) is 16.7. The van der Waals surface area contributed by atoms with Crippen LogP contribution in [0.2, 0.25) is 0 Å². The van der Waals surface area contributed by atoms with Gasteiger partial charge in [0.15, 0.2) is 5.13 Å². The number of nitrogens with zero attached hydrogens (tertiary/aromatic N) is 1. The third-order valence-corrected chi connectivity index (χ3v) is 4.58. The molecule has 23 heavy (non-hydrogen) atoms. The maximum atomic E-state index is 11.7. The summed E-state index contributed by atoms with van der Waals surface area (Å²) in [6.45, 7) is 3.90. The molecule has 0 bridgehead atoms. The van der Waals surface area contributed by atoms with Crippen LogP contribution in [0.5, 0.6) is 0 Å². The average Bonchev–Trinajstić information content (AvgIpc) is 3.14. The number of aromatic nitrogens is 1. The van der Waals surface area contributed by atoms with Gasteiger partial charge in [-0.3, -0.25) is 14.9 Å². The topological polar surface area (TPSA) is 71.1 Å². The zero-order valence-corrected chi connectivity index (χ0v) is 14.5. The summed E-state index contributed by atoms with van der Waals surface area (Å²) in [6.07, 6.45) is 6.77. The molecule has 0 atom stereocenters. The van der Waals surface area contributed by atoms with E-state index in [2.05, 4.69) is 15.6 Å². The molecule has 0 fully saturated rings. The number of amides is 2. The molecule has 0 saturated carbocycles. The predicted octanol–water partition coefficient (Wildman–Crippen LogP) is 3.58. The summed E-state index contributed by atoms with van der Waals surface area (Å²) in [7, 11) is 0. The second kappa shape index (κ2) is 8.40. The highest BCUT2D eigenvalue weighted by molar-refractivity contribution is 7.17. The fraction of sp³-hybridized carbons (Fsp3) is 0.188. The highest BCUT2D eigenvalue weighted by Crippen LogP contribution is 2.30. The molecule has 2 heterocycles. The van der Waals surface area contributed by atoms with Crippen LogP contribution in [0.1, 0.15) is 18.7 Å². The molecule has 0 unspecified atom stereocenters. The average molecular weight is 347 g/mol. The van der Waals surface area contributed by atoms with Gasteiger partial charge in [-0.05, 0) is 19.1 Å². The third kappa shape index (κ3) is 5.46. The number of thiophene rings is 1. The van der Waals surface area contributed by atoms with Gasteiger partial charge >= 0.3 is 0 Å². The lowest BCUT2D eigenvalue weighted by Gasteiger charge is -1.97. The molecule has 2 aromatic heterocycles. The predicted molar refractivity (Wildman–Crippen MR) is 95.5 cm³/mol. The van der Waals surface area contributed by atoms with Crippen molar-refractivity contribution < 1.29 is 9.59 Å². The summed E-state index contributed by atoms with van der Waals surface area (Å²) in [6, 6.07) is 3.93. The van der Waals surface area contributed by atoms with Crippen molar-refractivity contribution in [1.82, 2.24) is 10.3 Å². The second-order valence-corrected chi connectivity index (χ2v) is 6.61. The van der Waals surface area contributed by atoms with Gasteiger partial charge in [-0.25, -0.2) is 4.98 Å². The summed E-state index contributed by atoms with van der Waals surface area (Å²) in [5.41, 5.74) is 0.821. The van der Waals surface area contributed by atoms with E-state index in [9.17, 15) is 9.59 Å². The Labute approximate surface area is 142 Å². The van der Waals surface area contributed by atoms with Crippen molar-refractivity contribution in [3.8, 4) is 10.6 Å². The molecule has 5 nitrogen and oxygen atoms in total. The highest BCUT2D eigenvalue weighted by Gasteiger charge is 2.09. The van der Waals surface area contributed by atoms with Crippen molar-refractivity contribution in [3.63, 3.8) is 0 Å². The second-order valence-electron chi connectivity index (χ2n) is 4.59. The van der Waals surface area contributed by atoms with Gasteiger partial charge in [-0.15, -0.1) is 22.7 Å². The first-order valence-corrected chi connectivity index (χ1v) is 8.67. The van der Waals surface area contributed by atoms with Crippen LogP contribution in [0.4, 0.5) is 5.13 Å². The molecule has 0 aliphatic rings. The maximum Gasteiger partial charge on any atom is 0.250 e. The van der Waals surface area contributed by atoms with Crippen LogP contribution in [-0.4, -0.2) is 16.8 Å². The molecule has 0 aliphatic heterocycles. The van der Waals surface area contributed by atoms with E-state index in [0.29, 0.717) is 11.7 Å². The van der Waals surface area contributed by atoms with E-state index in [1.165, 1.54) is 24.3 Å². The number of allylic oxidation sites excluding steroid dienone is 3. The number of carbonyl (C=O) groups is 2. The lowest BCUT2D eigenvalue weighted by atomic mass is 10.3. The first-order valence-electron chi connectivity index (χ1n) is 6.98. The van der Waals surface area contributed by atoms with Crippen LogP contribution in [0.3, 0.4) is 0 Å². The molecule has 0 spiro atoms. The SMILES string of the molecule is C/C=C/C=C/C(=O)Nc1nc(-c2ccc(CNC(C)=O)s2)cs1. The van der Waals surface area contributed by atoms with Crippen LogP contribution in [0, 0.1) is 0 Å². The highest BCUT2D eigenvalue weighted by atomic mass is 32.1. The standard InChI is InChI=1S/C16H17N3O2S2/c1-3-4-5-6-15(21)19-16-18-13(10-22-16)14-8-7-12(23-14)9-17-11(2)20/h3-8,10H,9H2,1-2H3,(H,17,20)(H,18,19,21)/b4-3+,6-5+. The maximum absolute atomic E-state index is 11.7. The van der Waals surface area contributed by atoms with E-state index in [1.807, 2.05) is 30.5 Å². The van der Waals surface area contributed by atoms with Crippen LogP contribution in [0.25, 0.3) is 10.6 Å². The van der Waals surface area contributed by atoms with Crippen molar-refractivity contribution in [2.75, 3.05) is 5.32 Å². The summed E-state index contributed by atoms with van der Waals surface area (Å²) < 4.78 is 0. The summed E-state index contributed by atoms with van der Waals surface area (Å²) in [5, 5.41) is 7.96. The van der Waals surface area contributed by atoms with Crippen LogP contribution < -0.4 is 10.6 Å². The Hall–Kier alpha value is -2.25. The van der Waals surface area contributed by atoms with Crippen molar-refractivity contribution in [2.24, 2.45) is 0 Å². The van der Waals surface area contributed by atoms with Gasteiger partial charge in [0.25, 0.3) is 0 Å². The summed E-state index contributed by atoms with van der Waals surface area (Å²) in [4.78, 5) is 29.1. The summed E-state index contributed by atoms with van der Waals surface area (Å²) >= 11 is 2.95. The van der Waals surface area contributed by atoms with E-state index < -0.39 is 0 Å². The molecule has 120 valence electrons. The van der Waals surface area contributed by atoms with Gasteiger partial charge in [0.1, 0.15) is 0 Å². The van der Waals surface area contributed by atoms with E-state index in [0.717, 1.165) is 15.4 Å². The smallest absolute Gasteiger partial charge is 0.250 e. The van der Waals surface area contributed by atoms with Crippen LogP contribution >= 0.6 is 22.7 Å². The number of rotatable bonds is 6. The molecule has 2 N–H and O–H groups in total. The minimum absolute atomic E-state index is 0.0513. The molecule has 7 heteroatoms. The Morgan fingerprint density at radius 2 is 2.13 bits per heavy atom. The Morgan fingerprint density at radius 1 is 1.30 bits per heavy atom. The van der Waals surface area contributed by atoms with Crippen molar-refractivity contribution in [2.45, 2.75) is 20.4 Å². The minimum Gasteiger partial charge on any atom is -0.351 e. The molecule has 0 aromatic carbocycles. The third-order valence-electron chi connectivity index (χ3n) is 2.71. The van der Waals surface area contributed by atoms with Crippen molar-refractivity contribution in [3.05, 3.63) is 46.7 Å². The number of anilines is 1. The van der Waals surface area contributed by atoms with Crippen molar-refractivity contribution >= 4 is 39.6 Å². The lowest BCUT2D eigenvalue weighted by Crippen LogP contribution is -2.17. The first kappa shape index (κ1) is 17.1. The molecule has 2 amide bonds. The normalized spacial score (nSPS) is 11.2. The minimum atomic E-state index is -0.207. The Kier molecular flexibility index (Phi) is 6.25. The molecule has 0 saturated heterocycles. The van der Waals surface area contributed by atoms with Gasteiger partial charge in [0, 0.05) is 23.3 Å².